The highest BCUT2D eigenvalue weighted by Gasteiger charge is 2.21. The Bertz CT molecular complexity index is 544. The van der Waals surface area contributed by atoms with Crippen molar-refractivity contribution in [3.05, 3.63) is 35.0 Å². The second-order valence-electron chi connectivity index (χ2n) is 3.58. The number of aliphatic hydroxyl groups is 1. The Labute approximate surface area is 109 Å². The number of aromatic nitrogens is 4. The second kappa shape index (κ2) is 5.32. The third-order valence-corrected chi connectivity index (χ3v) is 2.84. The van der Waals surface area contributed by atoms with Gasteiger partial charge in [-0.2, -0.15) is 5.10 Å². The van der Waals surface area contributed by atoms with Crippen molar-refractivity contribution in [2.45, 2.75) is 19.6 Å². The van der Waals surface area contributed by atoms with Crippen molar-refractivity contribution in [1.82, 2.24) is 19.7 Å². The smallest absolute Gasteiger partial charge is 0.216 e. The highest BCUT2D eigenvalue weighted by Crippen LogP contribution is 2.27. The first-order valence-corrected chi connectivity index (χ1v) is 5.80. The predicted molar refractivity (Wildman–Crippen MR) is 65.6 cm³/mol. The number of rotatable bonds is 4. The summed E-state index contributed by atoms with van der Waals surface area (Å²) in [4.78, 5) is 7.91. The lowest BCUT2D eigenvalue weighted by atomic mass is 10.2. The van der Waals surface area contributed by atoms with Gasteiger partial charge >= 0.3 is 0 Å². The van der Waals surface area contributed by atoms with E-state index in [4.69, 9.17) is 16.3 Å². The van der Waals surface area contributed by atoms with Crippen LogP contribution in [0.2, 0.25) is 5.02 Å². The van der Waals surface area contributed by atoms with E-state index in [1.807, 2.05) is 6.92 Å². The van der Waals surface area contributed by atoms with Gasteiger partial charge in [0.25, 0.3) is 0 Å². The van der Waals surface area contributed by atoms with Gasteiger partial charge in [-0.1, -0.05) is 11.6 Å². The van der Waals surface area contributed by atoms with E-state index in [9.17, 15) is 5.11 Å². The van der Waals surface area contributed by atoms with Crippen LogP contribution in [0.4, 0.5) is 0 Å². The van der Waals surface area contributed by atoms with Gasteiger partial charge in [0.1, 0.15) is 12.4 Å². The standard InChI is InChI=1S/C11H13ClN4O2/c1-3-16-10(7(12)5-15-16)11(17)8-4-9(18-2)14-6-13-8/h4-6,11,17H,3H2,1-2H3. The molecule has 7 heteroatoms. The molecule has 96 valence electrons. The molecule has 6 nitrogen and oxygen atoms in total. The molecule has 2 heterocycles. The van der Waals surface area contributed by atoms with Crippen LogP contribution in [0, 0.1) is 0 Å². The fourth-order valence-corrected chi connectivity index (χ4v) is 1.90. The van der Waals surface area contributed by atoms with Crippen molar-refractivity contribution in [2.24, 2.45) is 0 Å². The van der Waals surface area contributed by atoms with E-state index in [-0.39, 0.29) is 0 Å². The number of aliphatic hydroxyl groups excluding tert-OH is 1. The SMILES string of the molecule is CCn1ncc(Cl)c1C(O)c1cc(OC)ncn1. The Balaban J connectivity index is 2.40. The summed E-state index contributed by atoms with van der Waals surface area (Å²) in [5.41, 5.74) is 0.930. The largest absolute Gasteiger partial charge is 0.481 e. The first-order chi connectivity index (χ1) is 8.67. The fraction of sp³-hybridized carbons (Fsp3) is 0.364. The lowest BCUT2D eigenvalue weighted by molar-refractivity contribution is 0.202. The van der Waals surface area contributed by atoms with Gasteiger partial charge in [0, 0.05) is 12.6 Å². The minimum atomic E-state index is -0.961. The van der Waals surface area contributed by atoms with Crippen molar-refractivity contribution >= 4 is 11.6 Å². The Kier molecular flexibility index (Phi) is 3.78. The zero-order chi connectivity index (χ0) is 13.1. The van der Waals surface area contributed by atoms with Crippen LogP contribution >= 0.6 is 11.6 Å². The Morgan fingerprint density at radius 3 is 2.94 bits per heavy atom. The van der Waals surface area contributed by atoms with Crippen LogP contribution < -0.4 is 4.74 Å². The fourth-order valence-electron chi connectivity index (χ4n) is 1.65. The summed E-state index contributed by atoms with van der Waals surface area (Å²) in [6.45, 7) is 2.53. The third kappa shape index (κ3) is 2.30. The summed E-state index contributed by atoms with van der Waals surface area (Å²) in [6, 6.07) is 1.56. The van der Waals surface area contributed by atoms with Gasteiger partial charge in [-0.25, -0.2) is 9.97 Å². The maximum atomic E-state index is 10.3. The first kappa shape index (κ1) is 12.8. The molecule has 1 atom stereocenters. The molecule has 0 radical (unpaired) electrons. The Hall–Kier alpha value is -1.66. The molecule has 0 bridgehead atoms. The van der Waals surface area contributed by atoms with Gasteiger partial charge < -0.3 is 9.84 Å². The minimum Gasteiger partial charge on any atom is -0.481 e. The second-order valence-corrected chi connectivity index (χ2v) is 3.99. The van der Waals surface area contributed by atoms with Crippen LogP contribution in [-0.4, -0.2) is 32.0 Å². The lowest BCUT2D eigenvalue weighted by Gasteiger charge is -2.13. The molecule has 0 aliphatic rings. The van der Waals surface area contributed by atoms with Crippen molar-refractivity contribution in [3.63, 3.8) is 0 Å². The highest BCUT2D eigenvalue weighted by molar-refractivity contribution is 6.31. The first-order valence-electron chi connectivity index (χ1n) is 5.42. The summed E-state index contributed by atoms with van der Waals surface area (Å²) in [5.74, 6) is 0.387. The van der Waals surface area contributed by atoms with Crippen LogP contribution in [-0.2, 0) is 6.54 Å². The van der Waals surface area contributed by atoms with E-state index in [2.05, 4.69) is 15.1 Å². The predicted octanol–water partition coefficient (Wildman–Crippen LogP) is 1.44. The molecule has 2 aromatic rings. The van der Waals surface area contributed by atoms with Crippen LogP contribution in [0.5, 0.6) is 5.88 Å². The van der Waals surface area contributed by atoms with Crippen molar-refractivity contribution in [1.29, 1.82) is 0 Å². The van der Waals surface area contributed by atoms with Crippen LogP contribution in [0.3, 0.4) is 0 Å². The quantitative estimate of drug-likeness (QED) is 0.908. The molecular weight excluding hydrogens is 256 g/mol. The van der Waals surface area contributed by atoms with Crippen LogP contribution in [0.15, 0.2) is 18.6 Å². The van der Waals surface area contributed by atoms with E-state index in [0.29, 0.717) is 28.8 Å². The molecule has 0 amide bonds. The third-order valence-electron chi connectivity index (χ3n) is 2.54. The molecule has 0 aliphatic carbocycles. The van der Waals surface area contributed by atoms with Gasteiger partial charge in [-0.05, 0) is 6.92 Å². The summed E-state index contributed by atoms with van der Waals surface area (Å²) < 4.78 is 6.62. The maximum Gasteiger partial charge on any atom is 0.216 e. The summed E-state index contributed by atoms with van der Waals surface area (Å²) >= 11 is 6.02. The van der Waals surface area contributed by atoms with Crippen molar-refractivity contribution in [3.8, 4) is 5.88 Å². The number of methoxy groups -OCH3 is 1. The van der Waals surface area contributed by atoms with Gasteiger partial charge in [0.05, 0.1) is 29.7 Å². The van der Waals surface area contributed by atoms with E-state index in [1.54, 1.807) is 10.7 Å². The number of ether oxygens (including phenoxy) is 1. The monoisotopic (exact) mass is 268 g/mol. The lowest BCUT2D eigenvalue weighted by Crippen LogP contribution is -2.11. The van der Waals surface area contributed by atoms with Crippen LogP contribution in [0.1, 0.15) is 24.4 Å². The Morgan fingerprint density at radius 1 is 1.50 bits per heavy atom. The number of nitrogens with zero attached hydrogens (tertiary/aromatic N) is 4. The summed E-state index contributed by atoms with van der Waals surface area (Å²) in [5, 5.41) is 14.8. The molecule has 0 aromatic carbocycles. The number of hydrogen-bond donors (Lipinski definition) is 1. The zero-order valence-electron chi connectivity index (χ0n) is 10.0. The molecule has 18 heavy (non-hydrogen) atoms. The summed E-state index contributed by atoms with van der Waals surface area (Å²) in [6.07, 6.45) is 1.87. The molecule has 0 fully saturated rings. The number of aryl methyl sites for hydroxylation is 1. The zero-order valence-corrected chi connectivity index (χ0v) is 10.8. The van der Waals surface area contributed by atoms with Gasteiger partial charge in [-0.15, -0.1) is 0 Å². The van der Waals surface area contributed by atoms with Gasteiger partial charge in [0.2, 0.25) is 5.88 Å². The van der Waals surface area contributed by atoms with Gasteiger partial charge in [-0.3, -0.25) is 4.68 Å². The van der Waals surface area contributed by atoms with Crippen LogP contribution in [0.25, 0.3) is 0 Å². The van der Waals surface area contributed by atoms with E-state index < -0.39 is 6.10 Å². The average Bonchev–Trinajstić information content (AvgIpc) is 2.79. The van der Waals surface area contributed by atoms with E-state index in [0.717, 1.165) is 0 Å². The molecule has 0 saturated heterocycles. The number of halogens is 1. The molecule has 2 aromatic heterocycles. The average molecular weight is 269 g/mol. The minimum absolute atomic E-state index is 0.387. The van der Waals surface area contributed by atoms with E-state index >= 15 is 0 Å². The van der Waals surface area contributed by atoms with E-state index in [1.165, 1.54) is 19.6 Å². The molecule has 1 unspecified atom stereocenters. The van der Waals surface area contributed by atoms with Crippen molar-refractivity contribution < 1.29 is 9.84 Å². The maximum absolute atomic E-state index is 10.3. The number of hydrogen-bond acceptors (Lipinski definition) is 5. The summed E-state index contributed by atoms with van der Waals surface area (Å²) in [7, 11) is 1.50. The Morgan fingerprint density at radius 2 is 2.28 bits per heavy atom. The molecule has 0 saturated carbocycles. The molecular formula is C11H13ClN4O2. The molecule has 1 N–H and O–H groups in total. The topological polar surface area (TPSA) is 73.1 Å². The molecule has 0 aliphatic heterocycles. The molecule has 0 spiro atoms. The highest BCUT2D eigenvalue weighted by atomic mass is 35.5. The van der Waals surface area contributed by atoms with Gasteiger partial charge in [0.15, 0.2) is 0 Å². The van der Waals surface area contributed by atoms with Crippen molar-refractivity contribution in [2.75, 3.05) is 7.11 Å². The normalized spacial score (nSPS) is 12.4. The molecule has 2 rings (SSSR count).